The number of piperidine rings is 1. The quantitative estimate of drug-likeness (QED) is 0.795. The van der Waals surface area contributed by atoms with Crippen LogP contribution in [0.4, 0.5) is 10.1 Å². The Hall–Kier alpha value is -2.17. The highest BCUT2D eigenvalue weighted by Crippen LogP contribution is 2.27. The smallest absolute Gasteiger partial charge is 0.240 e. The molecule has 6 nitrogen and oxygen atoms in total. The molecule has 1 amide bonds. The Morgan fingerprint density at radius 1 is 1.07 bits per heavy atom. The van der Waals surface area contributed by atoms with Crippen molar-refractivity contribution in [2.75, 3.05) is 50.8 Å². The largest absolute Gasteiger partial charge is 0.381 e. The molecular weight excluding hydrogens is 359 g/mol. The van der Waals surface area contributed by atoms with Gasteiger partial charge in [-0.05, 0) is 37.8 Å². The molecule has 3 aliphatic heterocycles. The summed E-state index contributed by atoms with van der Waals surface area (Å²) in [5.41, 5.74) is 0.760. The fourth-order valence-electron chi connectivity index (χ4n) is 4.74. The van der Waals surface area contributed by atoms with E-state index in [4.69, 9.17) is 4.74 Å². The number of anilines is 1. The third-order valence-electron chi connectivity index (χ3n) is 6.28. The number of amides is 1. The summed E-state index contributed by atoms with van der Waals surface area (Å²) in [6, 6.07) is 7.02. The number of carbonyl (C=O) groups is 1. The molecule has 150 valence electrons. The molecule has 1 atom stereocenters. The lowest BCUT2D eigenvalue weighted by Gasteiger charge is -2.45. The lowest BCUT2D eigenvalue weighted by molar-refractivity contribution is -0.145. The summed E-state index contributed by atoms with van der Waals surface area (Å²) in [4.78, 5) is 19.6. The second-order valence-corrected chi connectivity index (χ2v) is 7.80. The van der Waals surface area contributed by atoms with E-state index in [1.165, 1.54) is 6.07 Å². The molecule has 1 aromatic rings. The predicted molar refractivity (Wildman–Crippen MR) is 103 cm³/mol. The van der Waals surface area contributed by atoms with E-state index in [0.717, 1.165) is 58.5 Å². The second kappa shape index (κ2) is 8.46. The van der Waals surface area contributed by atoms with E-state index >= 15 is 0 Å². The molecule has 3 saturated heterocycles. The van der Waals surface area contributed by atoms with Gasteiger partial charge < -0.3 is 14.5 Å². The van der Waals surface area contributed by atoms with Crippen molar-refractivity contribution in [2.45, 2.75) is 37.8 Å². The summed E-state index contributed by atoms with van der Waals surface area (Å²) in [5, 5.41) is 9.29. The Labute approximate surface area is 165 Å². The first-order chi connectivity index (χ1) is 13.7. The highest BCUT2D eigenvalue weighted by Gasteiger charge is 2.38. The summed E-state index contributed by atoms with van der Waals surface area (Å²) in [6.07, 6.45) is 3.81. The Morgan fingerprint density at radius 2 is 1.82 bits per heavy atom. The SMILES string of the molecule is N#Cc1c(F)cccc1N1CCN(C2CCCN(C3CCOCC3)C2=O)CC1. The van der Waals surface area contributed by atoms with Crippen molar-refractivity contribution in [3.8, 4) is 6.07 Å². The molecule has 0 saturated carbocycles. The molecule has 0 bridgehead atoms. The molecule has 1 unspecified atom stereocenters. The number of hydrogen-bond acceptors (Lipinski definition) is 5. The van der Waals surface area contributed by atoms with Crippen LogP contribution in [0.5, 0.6) is 0 Å². The van der Waals surface area contributed by atoms with E-state index in [9.17, 15) is 14.4 Å². The lowest BCUT2D eigenvalue weighted by Crippen LogP contribution is -2.59. The van der Waals surface area contributed by atoms with E-state index < -0.39 is 5.82 Å². The normalized spacial score (nSPS) is 25.0. The van der Waals surface area contributed by atoms with Crippen LogP contribution in [-0.4, -0.2) is 73.7 Å². The van der Waals surface area contributed by atoms with E-state index in [0.29, 0.717) is 24.8 Å². The monoisotopic (exact) mass is 386 g/mol. The Kier molecular flexibility index (Phi) is 5.79. The van der Waals surface area contributed by atoms with Crippen LogP contribution in [0.2, 0.25) is 0 Å². The van der Waals surface area contributed by atoms with Crippen LogP contribution >= 0.6 is 0 Å². The molecule has 28 heavy (non-hydrogen) atoms. The van der Waals surface area contributed by atoms with Crippen molar-refractivity contribution in [1.29, 1.82) is 5.26 Å². The van der Waals surface area contributed by atoms with Crippen LogP contribution in [0, 0.1) is 17.1 Å². The molecule has 0 N–H and O–H groups in total. The molecule has 1 aromatic carbocycles. The minimum Gasteiger partial charge on any atom is -0.381 e. The number of ether oxygens (including phenoxy) is 1. The molecule has 0 aliphatic carbocycles. The van der Waals surface area contributed by atoms with Gasteiger partial charge in [-0.15, -0.1) is 0 Å². The number of likely N-dealkylation sites (tertiary alicyclic amines) is 1. The molecule has 0 aromatic heterocycles. The Balaban J connectivity index is 1.40. The lowest BCUT2D eigenvalue weighted by atomic mass is 9.97. The van der Waals surface area contributed by atoms with Gasteiger partial charge in [-0.1, -0.05) is 6.07 Å². The van der Waals surface area contributed by atoms with Gasteiger partial charge in [0.15, 0.2) is 0 Å². The molecule has 3 heterocycles. The molecule has 3 aliphatic rings. The number of nitrogens with zero attached hydrogens (tertiary/aromatic N) is 4. The maximum Gasteiger partial charge on any atom is 0.240 e. The summed E-state index contributed by atoms with van der Waals surface area (Å²) in [6.45, 7) is 5.23. The van der Waals surface area contributed by atoms with Crippen molar-refractivity contribution >= 4 is 11.6 Å². The van der Waals surface area contributed by atoms with E-state index in [1.54, 1.807) is 12.1 Å². The number of rotatable bonds is 3. The third-order valence-corrected chi connectivity index (χ3v) is 6.28. The number of piperazine rings is 1. The first-order valence-corrected chi connectivity index (χ1v) is 10.2. The van der Waals surface area contributed by atoms with Crippen LogP contribution in [-0.2, 0) is 9.53 Å². The van der Waals surface area contributed by atoms with Gasteiger partial charge in [0, 0.05) is 52.0 Å². The van der Waals surface area contributed by atoms with E-state index in [-0.39, 0.29) is 17.5 Å². The molecule has 0 spiro atoms. The van der Waals surface area contributed by atoms with Crippen LogP contribution in [0.3, 0.4) is 0 Å². The minimum absolute atomic E-state index is 0.0540. The average molecular weight is 386 g/mol. The summed E-state index contributed by atoms with van der Waals surface area (Å²) in [7, 11) is 0. The molecule has 3 fully saturated rings. The van der Waals surface area contributed by atoms with Crippen LogP contribution in [0.1, 0.15) is 31.2 Å². The maximum atomic E-state index is 13.9. The number of halogens is 1. The fraction of sp³-hybridized carbons (Fsp3) is 0.619. The zero-order valence-electron chi connectivity index (χ0n) is 16.1. The zero-order valence-corrected chi connectivity index (χ0v) is 16.1. The molecular formula is C21H27FN4O2. The van der Waals surface area contributed by atoms with Crippen LogP contribution in [0.15, 0.2) is 18.2 Å². The first-order valence-electron chi connectivity index (χ1n) is 10.2. The highest BCUT2D eigenvalue weighted by atomic mass is 19.1. The average Bonchev–Trinajstić information content (AvgIpc) is 2.74. The van der Waals surface area contributed by atoms with Crippen molar-refractivity contribution in [3.05, 3.63) is 29.6 Å². The Morgan fingerprint density at radius 3 is 2.54 bits per heavy atom. The number of benzene rings is 1. The number of nitriles is 1. The third kappa shape index (κ3) is 3.71. The van der Waals surface area contributed by atoms with Crippen molar-refractivity contribution in [2.24, 2.45) is 0 Å². The van der Waals surface area contributed by atoms with Gasteiger partial charge in [-0.3, -0.25) is 9.69 Å². The number of carbonyl (C=O) groups excluding carboxylic acids is 1. The predicted octanol–water partition coefficient (Wildman–Crippen LogP) is 1.99. The van der Waals surface area contributed by atoms with Gasteiger partial charge >= 0.3 is 0 Å². The van der Waals surface area contributed by atoms with Gasteiger partial charge in [0.1, 0.15) is 17.4 Å². The van der Waals surface area contributed by atoms with Gasteiger partial charge in [-0.25, -0.2) is 4.39 Å². The molecule has 0 radical (unpaired) electrons. The fourth-order valence-corrected chi connectivity index (χ4v) is 4.74. The number of hydrogen-bond donors (Lipinski definition) is 0. The van der Waals surface area contributed by atoms with Crippen molar-refractivity contribution in [3.63, 3.8) is 0 Å². The molecule has 7 heteroatoms. The van der Waals surface area contributed by atoms with Crippen molar-refractivity contribution < 1.29 is 13.9 Å². The summed E-state index contributed by atoms with van der Waals surface area (Å²) >= 11 is 0. The van der Waals surface area contributed by atoms with Gasteiger partial charge in [-0.2, -0.15) is 5.26 Å². The first kappa shape index (κ1) is 19.2. The summed E-state index contributed by atoms with van der Waals surface area (Å²) < 4.78 is 19.4. The zero-order chi connectivity index (χ0) is 19.5. The second-order valence-electron chi connectivity index (χ2n) is 7.80. The van der Waals surface area contributed by atoms with Crippen LogP contribution in [0.25, 0.3) is 0 Å². The van der Waals surface area contributed by atoms with Gasteiger partial charge in [0.2, 0.25) is 5.91 Å². The van der Waals surface area contributed by atoms with E-state index in [1.807, 2.05) is 6.07 Å². The Bertz CT molecular complexity index is 751. The van der Waals surface area contributed by atoms with Gasteiger partial charge in [0.05, 0.1) is 11.7 Å². The maximum absolute atomic E-state index is 13.9. The highest BCUT2D eigenvalue weighted by molar-refractivity contribution is 5.83. The van der Waals surface area contributed by atoms with Crippen LogP contribution < -0.4 is 4.90 Å². The van der Waals surface area contributed by atoms with E-state index in [2.05, 4.69) is 14.7 Å². The summed E-state index contributed by atoms with van der Waals surface area (Å²) in [5.74, 6) is -0.216. The standard InChI is InChI=1S/C21H27FN4O2/c22-18-3-1-4-19(17(18)15-23)24-9-11-25(12-10-24)20-5-2-8-26(21(20)27)16-6-13-28-14-7-16/h1,3-4,16,20H,2,5-14H2. The molecule has 4 rings (SSSR count). The topological polar surface area (TPSA) is 59.8 Å². The van der Waals surface area contributed by atoms with Crippen molar-refractivity contribution in [1.82, 2.24) is 9.80 Å². The van der Waals surface area contributed by atoms with Gasteiger partial charge in [0.25, 0.3) is 0 Å². The minimum atomic E-state index is -0.475.